The summed E-state index contributed by atoms with van der Waals surface area (Å²) in [5, 5.41) is 2.97. The van der Waals surface area contributed by atoms with Crippen molar-refractivity contribution in [3.63, 3.8) is 0 Å². The van der Waals surface area contributed by atoms with Crippen LogP contribution < -0.4 is 11.1 Å². The molecule has 3 N–H and O–H groups in total. The van der Waals surface area contributed by atoms with E-state index in [4.69, 9.17) is 5.73 Å². The van der Waals surface area contributed by atoms with Crippen molar-refractivity contribution in [3.8, 4) is 0 Å². The van der Waals surface area contributed by atoms with E-state index in [1.54, 1.807) is 0 Å². The van der Waals surface area contributed by atoms with Crippen molar-refractivity contribution < 1.29 is 4.79 Å². The Hall–Kier alpha value is -1.29. The van der Waals surface area contributed by atoms with Gasteiger partial charge in [-0.15, -0.1) is 0 Å². The van der Waals surface area contributed by atoms with Crippen molar-refractivity contribution in [1.29, 1.82) is 0 Å². The topological polar surface area (TPSA) is 60.1 Å². The molecule has 2 atom stereocenters. The number of nitrogens with two attached hydrogens (primary N) is 1. The summed E-state index contributed by atoms with van der Waals surface area (Å²) in [7, 11) is 1.98. The smallest absolute Gasteiger partial charge is 0.223 e. The highest BCUT2D eigenvalue weighted by atomic mass is 16.1. The normalized spacial score (nSPS) is 14.2. The van der Waals surface area contributed by atoms with Crippen LogP contribution in [-0.4, -0.2) is 16.5 Å². The van der Waals surface area contributed by atoms with Gasteiger partial charge in [0.1, 0.15) is 0 Å². The minimum atomic E-state index is 0.0593. The van der Waals surface area contributed by atoms with E-state index in [-0.39, 0.29) is 17.9 Å². The van der Waals surface area contributed by atoms with Gasteiger partial charge in [0, 0.05) is 30.9 Å². The summed E-state index contributed by atoms with van der Waals surface area (Å²) in [5.41, 5.74) is 6.81. The van der Waals surface area contributed by atoms with Gasteiger partial charge in [-0.1, -0.05) is 13.3 Å². The SMILES string of the molecule is CC(N)CCCC(C)C(=O)NCc1cccn1C. The van der Waals surface area contributed by atoms with Crippen molar-refractivity contribution in [3.05, 3.63) is 24.0 Å². The Labute approximate surface area is 110 Å². The third-order valence-electron chi connectivity index (χ3n) is 3.24. The third-order valence-corrected chi connectivity index (χ3v) is 3.24. The summed E-state index contributed by atoms with van der Waals surface area (Å²) in [4.78, 5) is 11.9. The molecule has 1 heterocycles. The molecule has 0 saturated heterocycles. The lowest BCUT2D eigenvalue weighted by molar-refractivity contribution is -0.124. The fourth-order valence-electron chi connectivity index (χ4n) is 1.91. The van der Waals surface area contributed by atoms with Gasteiger partial charge in [0.2, 0.25) is 5.91 Å². The largest absolute Gasteiger partial charge is 0.353 e. The fraction of sp³-hybridized carbons (Fsp3) is 0.643. The predicted molar refractivity (Wildman–Crippen MR) is 73.9 cm³/mol. The second kappa shape index (κ2) is 7.21. The summed E-state index contributed by atoms with van der Waals surface area (Å²) in [6, 6.07) is 4.22. The van der Waals surface area contributed by atoms with Gasteiger partial charge in [-0.3, -0.25) is 4.79 Å². The molecule has 0 radical (unpaired) electrons. The summed E-state index contributed by atoms with van der Waals surface area (Å²) in [6.07, 6.45) is 4.87. The molecule has 18 heavy (non-hydrogen) atoms. The molecule has 4 heteroatoms. The van der Waals surface area contributed by atoms with Crippen LogP contribution in [0, 0.1) is 5.92 Å². The average Bonchev–Trinajstić information content (AvgIpc) is 2.71. The minimum absolute atomic E-state index is 0.0593. The van der Waals surface area contributed by atoms with Crippen LogP contribution in [0.5, 0.6) is 0 Å². The molecule has 2 unspecified atom stereocenters. The summed E-state index contributed by atoms with van der Waals surface area (Å²) < 4.78 is 2.01. The Morgan fingerprint density at radius 1 is 1.44 bits per heavy atom. The monoisotopic (exact) mass is 251 g/mol. The molecule has 0 aliphatic carbocycles. The van der Waals surface area contributed by atoms with Crippen molar-refractivity contribution in [1.82, 2.24) is 9.88 Å². The van der Waals surface area contributed by atoms with Crippen molar-refractivity contribution >= 4 is 5.91 Å². The number of carbonyl (C=O) groups excluding carboxylic acids is 1. The zero-order valence-electron chi connectivity index (χ0n) is 11.6. The van der Waals surface area contributed by atoms with E-state index >= 15 is 0 Å². The standard InChI is InChI=1S/C14H25N3O/c1-11(6-4-7-12(2)15)14(18)16-10-13-8-5-9-17(13)3/h5,8-9,11-12H,4,6-7,10,15H2,1-3H3,(H,16,18). The molecular weight excluding hydrogens is 226 g/mol. The van der Waals surface area contributed by atoms with Crippen molar-refractivity contribution in [2.45, 2.75) is 45.7 Å². The van der Waals surface area contributed by atoms with Gasteiger partial charge < -0.3 is 15.6 Å². The predicted octanol–water partition coefficient (Wildman–Crippen LogP) is 1.79. The van der Waals surface area contributed by atoms with E-state index < -0.39 is 0 Å². The molecular formula is C14H25N3O. The molecule has 0 bridgehead atoms. The minimum Gasteiger partial charge on any atom is -0.353 e. The maximum absolute atomic E-state index is 11.9. The summed E-state index contributed by atoms with van der Waals surface area (Å²) >= 11 is 0. The molecule has 0 aliphatic heterocycles. The van der Waals surface area contributed by atoms with Crippen LogP contribution in [0.4, 0.5) is 0 Å². The molecule has 0 saturated carbocycles. The van der Waals surface area contributed by atoms with E-state index in [1.165, 1.54) is 0 Å². The molecule has 1 aromatic heterocycles. The first-order valence-corrected chi connectivity index (χ1v) is 6.64. The molecule has 102 valence electrons. The first-order valence-electron chi connectivity index (χ1n) is 6.64. The van der Waals surface area contributed by atoms with E-state index in [2.05, 4.69) is 5.32 Å². The van der Waals surface area contributed by atoms with Crippen molar-refractivity contribution in [2.75, 3.05) is 0 Å². The third kappa shape index (κ3) is 4.92. The van der Waals surface area contributed by atoms with Gasteiger partial charge in [0.15, 0.2) is 0 Å². The van der Waals surface area contributed by atoms with Crippen LogP contribution >= 0.6 is 0 Å². The van der Waals surface area contributed by atoms with Gasteiger partial charge in [0.25, 0.3) is 0 Å². The number of amides is 1. The lowest BCUT2D eigenvalue weighted by atomic mass is 10.0. The van der Waals surface area contributed by atoms with Crippen LogP contribution in [-0.2, 0) is 18.4 Å². The van der Waals surface area contributed by atoms with Crippen LogP contribution in [0.25, 0.3) is 0 Å². The molecule has 0 fully saturated rings. The maximum atomic E-state index is 11.9. The Morgan fingerprint density at radius 2 is 2.17 bits per heavy atom. The lowest BCUT2D eigenvalue weighted by Crippen LogP contribution is -2.29. The number of aryl methyl sites for hydroxylation is 1. The number of carbonyl (C=O) groups is 1. The van der Waals surface area contributed by atoms with Gasteiger partial charge in [-0.25, -0.2) is 0 Å². The van der Waals surface area contributed by atoms with Gasteiger partial charge in [-0.05, 0) is 31.9 Å². The van der Waals surface area contributed by atoms with Crippen LogP contribution in [0.1, 0.15) is 38.8 Å². The van der Waals surface area contributed by atoms with Crippen LogP contribution in [0.2, 0.25) is 0 Å². The van der Waals surface area contributed by atoms with E-state index in [0.717, 1.165) is 25.0 Å². The highest BCUT2D eigenvalue weighted by Gasteiger charge is 2.12. The Morgan fingerprint density at radius 3 is 2.72 bits per heavy atom. The van der Waals surface area contributed by atoms with Crippen LogP contribution in [0.15, 0.2) is 18.3 Å². The summed E-state index contributed by atoms with van der Waals surface area (Å²) in [6.45, 7) is 4.57. The lowest BCUT2D eigenvalue weighted by Gasteiger charge is -2.13. The molecule has 0 aliphatic rings. The van der Waals surface area contributed by atoms with E-state index in [1.807, 2.05) is 43.8 Å². The number of hydrogen-bond acceptors (Lipinski definition) is 2. The molecule has 0 spiro atoms. The number of hydrogen-bond donors (Lipinski definition) is 2. The average molecular weight is 251 g/mol. The number of rotatable bonds is 7. The summed E-state index contributed by atoms with van der Waals surface area (Å²) in [5.74, 6) is 0.185. The zero-order valence-corrected chi connectivity index (χ0v) is 11.6. The Bertz CT molecular complexity index is 371. The zero-order chi connectivity index (χ0) is 13.5. The van der Waals surface area contributed by atoms with Gasteiger partial charge >= 0.3 is 0 Å². The quantitative estimate of drug-likeness (QED) is 0.776. The highest BCUT2D eigenvalue weighted by molar-refractivity contribution is 5.78. The van der Waals surface area contributed by atoms with Gasteiger partial charge in [0.05, 0.1) is 6.54 Å². The number of nitrogens with zero attached hydrogens (tertiary/aromatic N) is 1. The first-order chi connectivity index (χ1) is 8.50. The molecule has 1 aromatic rings. The van der Waals surface area contributed by atoms with Crippen LogP contribution in [0.3, 0.4) is 0 Å². The second-order valence-electron chi connectivity index (χ2n) is 5.14. The van der Waals surface area contributed by atoms with E-state index in [9.17, 15) is 4.79 Å². The first kappa shape index (κ1) is 14.8. The second-order valence-corrected chi connectivity index (χ2v) is 5.14. The molecule has 1 amide bonds. The fourth-order valence-corrected chi connectivity index (χ4v) is 1.91. The molecule has 1 rings (SSSR count). The maximum Gasteiger partial charge on any atom is 0.223 e. The number of aromatic nitrogens is 1. The molecule has 0 aromatic carbocycles. The Balaban J connectivity index is 2.25. The van der Waals surface area contributed by atoms with Gasteiger partial charge in [-0.2, -0.15) is 0 Å². The number of nitrogens with one attached hydrogen (secondary N) is 1. The molecule has 4 nitrogen and oxygen atoms in total. The van der Waals surface area contributed by atoms with E-state index in [0.29, 0.717) is 6.54 Å². The highest BCUT2D eigenvalue weighted by Crippen LogP contribution is 2.09. The Kier molecular flexibility index (Phi) is 5.92. The van der Waals surface area contributed by atoms with Crippen molar-refractivity contribution in [2.24, 2.45) is 18.7 Å².